The molecule has 1 N–H and O–H groups in total. The zero-order valence-electron chi connectivity index (χ0n) is 12.8. The van der Waals surface area contributed by atoms with Crippen LogP contribution in [0.3, 0.4) is 0 Å². The summed E-state index contributed by atoms with van der Waals surface area (Å²) in [6.45, 7) is 1.99. The topological polar surface area (TPSA) is 56.8 Å². The molecule has 24 heavy (non-hydrogen) atoms. The average molecular weight is 335 g/mol. The lowest BCUT2D eigenvalue weighted by Gasteiger charge is -2.15. The third-order valence-electron chi connectivity index (χ3n) is 3.48. The maximum absolute atomic E-state index is 13.1. The molecule has 3 rings (SSSR count). The van der Waals surface area contributed by atoms with Gasteiger partial charge in [-0.3, -0.25) is 4.79 Å². The van der Waals surface area contributed by atoms with Crippen molar-refractivity contribution in [1.82, 2.24) is 5.32 Å². The molecule has 1 heterocycles. The van der Waals surface area contributed by atoms with Gasteiger partial charge in [0, 0.05) is 12.6 Å². The highest BCUT2D eigenvalue weighted by Crippen LogP contribution is 2.32. The summed E-state index contributed by atoms with van der Waals surface area (Å²) in [5.74, 6) is -0.993. The van der Waals surface area contributed by atoms with E-state index < -0.39 is 17.7 Å². The number of rotatable bonds is 5. The monoisotopic (exact) mass is 335 g/mol. The lowest BCUT2D eigenvalue weighted by Crippen LogP contribution is -2.35. The Balaban J connectivity index is 1.55. The molecule has 0 unspecified atom stereocenters. The number of carbonyl (C=O) groups excluding carboxylic acids is 1. The molecule has 0 aliphatic carbocycles. The first-order valence-electron chi connectivity index (χ1n) is 7.31. The van der Waals surface area contributed by atoms with Crippen molar-refractivity contribution in [3.63, 3.8) is 0 Å². The van der Waals surface area contributed by atoms with Gasteiger partial charge in [0.1, 0.15) is 5.75 Å². The van der Waals surface area contributed by atoms with E-state index >= 15 is 0 Å². The van der Waals surface area contributed by atoms with Crippen LogP contribution in [0, 0.1) is 11.6 Å². The SMILES string of the molecule is C[C@@H](Oc1ccc(F)c(F)c1)C(=O)NCc1ccc2c(c1)OCO2. The van der Waals surface area contributed by atoms with Crippen LogP contribution in [0.5, 0.6) is 17.2 Å². The molecular formula is C17H15F2NO4. The minimum Gasteiger partial charge on any atom is -0.481 e. The summed E-state index contributed by atoms with van der Waals surface area (Å²) < 4.78 is 41.8. The van der Waals surface area contributed by atoms with Gasteiger partial charge in [-0.05, 0) is 36.8 Å². The number of ether oxygens (including phenoxy) is 3. The van der Waals surface area contributed by atoms with Gasteiger partial charge < -0.3 is 19.5 Å². The Kier molecular flexibility index (Phi) is 4.50. The Labute approximate surface area is 137 Å². The number of benzene rings is 2. The third-order valence-corrected chi connectivity index (χ3v) is 3.48. The van der Waals surface area contributed by atoms with Crippen LogP contribution in [0.4, 0.5) is 8.78 Å². The van der Waals surface area contributed by atoms with E-state index in [1.807, 2.05) is 6.07 Å². The van der Waals surface area contributed by atoms with Crippen LogP contribution >= 0.6 is 0 Å². The first-order chi connectivity index (χ1) is 11.5. The number of halogens is 2. The fraction of sp³-hybridized carbons (Fsp3) is 0.235. The van der Waals surface area contributed by atoms with Gasteiger partial charge >= 0.3 is 0 Å². The Hall–Kier alpha value is -2.83. The molecule has 1 aliphatic rings. The number of hydrogen-bond acceptors (Lipinski definition) is 4. The molecule has 0 saturated carbocycles. The quantitative estimate of drug-likeness (QED) is 0.913. The van der Waals surface area contributed by atoms with E-state index in [4.69, 9.17) is 14.2 Å². The summed E-state index contributed by atoms with van der Waals surface area (Å²) in [5, 5.41) is 2.71. The summed E-state index contributed by atoms with van der Waals surface area (Å²) in [7, 11) is 0. The van der Waals surface area contributed by atoms with Crippen LogP contribution < -0.4 is 19.5 Å². The van der Waals surface area contributed by atoms with E-state index in [9.17, 15) is 13.6 Å². The maximum Gasteiger partial charge on any atom is 0.261 e. The molecule has 0 saturated heterocycles. The van der Waals surface area contributed by atoms with Crippen LogP contribution in [0.15, 0.2) is 36.4 Å². The van der Waals surface area contributed by atoms with Gasteiger partial charge in [0.15, 0.2) is 29.2 Å². The van der Waals surface area contributed by atoms with Crippen molar-refractivity contribution in [2.75, 3.05) is 6.79 Å². The summed E-state index contributed by atoms with van der Waals surface area (Å²) in [6, 6.07) is 8.47. The smallest absolute Gasteiger partial charge is 0.261 e. The van der Waals surface area contributed by atoms with Gasteiger partial charge in [-0.2, -0.15) is 0 Å². The van der Waals surface area contributed by atoms with E-state index in [2.05, 4.69) is 5.32 Å². The number of fused-ring (bicyclic) bond motifs is 1. The molecule has 0 aromatic heterocycles. The van der Waals surface area contributed by atoms with Gasteiger partial charge in [-0.1, -0.05) is 6.07 Å². The van der Waals surface area contributed by atoms with E-state index in [1.165, 1.54) is 13.0 Å². The zero-order chi connectivity index (χ0) is 17.1. The van der Waals surface area contributed by atoms with E-state index in [-0.39, 0.29) is 25.0 Å². The molecule has 1 atom stereocenters. The normalized spacial score (nSPS) is 13.5. The minimum absolute atomic E-state index is 0.0830. The van der Waals surface area contributed by atoms with Gasteiger partial charge in [-0.15, -0.1) is 0 Å². The van der Waals surface area contributed by atoms with Crippen LogP contribution in [0.1, 0.15) is 12.5 Å². The molecule has 0 bridgehead atoms. The highest BCUT2D eigenvalue weighted by molar-refractivity contribution is 5.80. The van der Waals surface area contributed by atoms with Gasteiger partial charge in [0.05, 0.1) is 0 Å². The second-order valence-corrected chi connectivity index (χ2v) is 5.24. The lowest BCUT2D eigenvalue weighted by atomic mass is 10.2. The summed E-state index contributed by atoms with van der Waals surface area (Å²) in [6.07, 6.45) is -0.858. The summed E-state index contributed by atoms with van der Waals surface area (Å²) >= 11 is 0. The van der Waals surface area contributed by atoms with Crippen molar-refractivity contribution < 1.29 is 27.8 Å². The van der Waals surface area contributed by atoms with Crippen LogP contribution in [0.25, 0.3) is 0 Å². The average Bonchev–Trinajstić information content (AvgIpc) is 3.03. The van der Waals surface area contributed by atoms with Crippen molar-refractivity contribution in [3.05, 3.63) is 53.6 Å². The fourth-order valence-corrected chi connectivity index (χ4v) is 2.19. The number of nitrogens with one attached hydrogen (secondary N) is 1. The van der Waals surface area contributed by atoms with E-state index in [0.717, 1.165) is 17.7 Å². The first-order valence-corrected chi connectivity index (χ1v) is 7.31. The van der Waals surface area contributed by atoms with Crippen LogP contribution in [-0.2, 0) is 11.3 Å². The predicted molar refractivity (Wildman–Crippen MR) is 80.9 cm³/mol. The minimum atomic E-state index is -1.03. The predicted octanol–water partition coefficient (Wildman–Crippen LogP) is 2.78. The lowest BCUT2D eigenvalue weighted by molar-refractivity contribution is -0.127. The molecule has 1 amide bonds. The molecular weight excluding hydrogens is 320 g/mol. The van der Waals surface area contributed by atoms with Gasteiger partial charge in [0.2, 0.25) is 6.79 Å². The van der Waals surface area contributed by atoms with E-state index in [0.29, 0.717) is 11.5 Å². The maximum atomic E-state index is 13.1. The number of carbonyl (C=O) groups is 1. The molecule has 2 aromatic rings. The Morgan fingerprint density at radius 2 is 1.96 bits per heavy atom. The van der Waals surface area contributed by atoms with Crippen molar-refractivity contribution in [2.45, 2.75) is 19.6 Å². The second-order valence-electron chi connectivity index (χ2n) is 5.24. The highest BCUT2D eigenvalue weighted by atomic mass is 19.2. The standard InChI is InChI=1S/C17H15F2NO4/c1-10(24-12-3-4-13(18)14(19)7-12)17(21)20-8-11-2-5-15-16(6-11)23-9-22-15/h2-7,10H,8-9H2,1H3,(H,20,21)/t10-/m1/s1. The van der Waals surface area contributed by atoms with Gasteiger partial charge in [-0.25, -0.2) is 8.78 Å². The van der Waals surface area contributed by atoms with E-state index in [1.54, 1.807) is 12.1 Å². The van der Waals surface area contributed by atoms with Crippen molar-refractivity contribution >= 4 is 5.91 Å². The Bertz CT molecular complexity index is 766. The largest absolute Gasteiger partial charge is 0.481 e. The summed E-state index contributed by atoms with van der Waals surface area (Å²) in [4.78, 5) is 12.0. The fourth-order valence-electron chi connectivity index (χ4n) is 2.19. The molecule has 126 valence electrons. The number of hydrogen-bond donors (Lipinski definition) is 1. The second kappa shape index (κ2) is 6.74. The zero-order valence-corrected chi connectivity index (χ0v) is 12.8. The summed E-state index contributed by atoms with van der Waals surface area (Å²) in [5.41, 5.74) is 0.840. The van der Waals surface area contributed by atoms with Crippen LogP contribution in [0.2, 0.25) is 0 Å². The molecule has 5 nitrogen and oxygen atoms in total. The molecule has 0 fully saturated rings. The number of amides is 1. The molecule has 1 aliphatic heterocycles. The molecule has 2 aromatic carbocycles. The molecule has 0 radical (unpaired) electrons. The Morgan fingerprint density at radius 1 is 1.17 bits per heavy atom. The van der Waals surface area contributed by atoms with Crippen molar-refractivity contribution in [3.8, 4) is 17.2 Å². The third kappa shape index (κ3) is 3.56. The van der Waals surface area contributed by atoms with Crippen LogP contribution in [-0.4, -0.2) is 18.8 Å². The van der Waals surface area contributed by atoms with Crippen molar-refractivity contribution in [2.24, 2.45) is 0 Å². The first kappa shape index (κ1) is 16.0. The van der Waals surface area contributed by atoms with Crippen molar-refractivity contribution in [1.29, 1.82) is 0 Å². The highest BCUT2D eigenvalue weighted by Gasteiger charge is 2.17. The Morgan fingerprint density at radius 3 is 2.75 bits per heavy atom. The molecule has 7 heteroatoms. The molecule has 0 spiro atoms. The van der Waals surface area contributed by atoms with Gasteiger partial charge in [0.25, 0.3) is 5.91 Å².